The highest BCUT2D eigenvalue weighted by atomic mass is 32.2. The standard InChI is InChI=1S/C21H24N2O7S/c1-2-18(24)29-13-16-15(21(25)26)12-17(23-10-6-7-11-23)19(20(16)31(22,27)28)30-14-8-4-3-5-9-14/h3-5,8-9,12H,2,6-7,10-11,13H2,1H3,(H,25,26)(H2,22,27,28). The normalized spacial score (nSPS) is 13.8. The fourth-order valence-corrected chi connectivity index (χ4v) is 4.37. The summed E-state index contributed by atoms with van der Waals surface area (Å²) in [5.74, 6) is -1.69. The number of hydrogen-bond acceptors (Lipinski definition) is 7. The minimum Gasteiger partial charge on any atom is -0.478 e. The van der Waals surface area contributed by atoms with Crippen LogP contribution in [-0.4, -0.2) is 38.6 Å². The van der Waals surface area contributed by atoms with Gasteiger partial charge in [0.1, 0.15) is 17.3 Å². The molecule has 3 rings (SSSR count). The molecule has 1 saturated heterocycles. The molecule has 1 aliphatic heterocycles. The number of carboxylic acids is 1. The van der Waals surface area contributed by atoms with Crippen LogP contribution in [0.2, 0.25) is 0 Å². The summed E-state index contributed by atoms with van der Waals surface area (Å²) in [6.07, 6.45) is 1.79. The van der Waals surface area contributed by atoms with Crippen LogP contribution in [0.3, 0.4) is 0 Å². The third-order valence-corrected chi connectivity index (χ3v) is 5.91. The first-order chi connectivity index (χ1) is 14.7. The van der Waals surface area contributed by atoms with Crippen LogP contribution in [-0.2, 0) is 26.2 Å². The number of anilines is 1. The number of rotatable bonds is 8. The summed E-state index contributed by atoms with van der Waals surface area (Å²) in [4.78, 5) is 25.1. The molecule has 2 aromatic rings. The van der Waals surface area contributed by atoms with Crippen molar-refractivity contribution in [1.29, 1.82) is 0 Å². The van der Waals surface area contributed by atoms with Gasteiger partial charge in [-0.3, -0.25) is 4.79 Å². The fourth-order valence-electron chi connectivity index (χ4n) is 3.45. The van der Waals surface area contributed by atoms with Gasteiger partial charge in [0, 0.05) is 25.1 Å². The second-order valence-corrected chi connectivity index (χ2v) is 8.55. The lowest BCUT2D eigenvalue weighted by atomic mass is 10.0. The van der Waals surface area contributed by atoms with Crippen molar-refractivity contribution < 1.29 is 32.6 Å². The van der Waals surface area contributed by atoms with E-state index in [-0.39, 0.29) is 23.3 Å². The van der Waals surface area contributed by atoms with Crippen LogP contribution >= 0.6 is 0 Å². The molecule has 1 fully saturated rings. The zero-order chi connectivity index (χ0) is 22.6. The molecule has 3 N–H and O–H groups in total. The molecule has 0 aliphatic carbocycles. The number of nitrogens with two attached hydrogens (primary N) is 1. The maximum atomic E-state index is 12.7. The predicted octanol–water partition coefficient (Wildman–Crippen LogP) is 2.88. The van der Waals surface area contributed by atoms with Gasteiger partial charge in [0.25, 0.3) is 0 Å². The highest BCUT2D eigenvalue weighted by Gasteiger charge is 2.32. The molecule has 0 spiro atoms. The largest absolute Gasteiger partial charge is 0.478 e. The Balaban J connectivity index is 2.29. The van der Waals surface area contributed by atoms with Crippen molar-refractivity contribution in [3.63, 3.8) is 0 Å². The molecule has 0 amide bonds. The summed E-state index contributed by atoms with van der Waals surface area (Å²) in [5.41, 5.74) is -0.228. The number of carboxylic acid groups (broad SMARTS) is 1. The number of carbonyl (C=O) groups excluding carboxylic acids is 1. The van der Waals surface area contributed by atoms with Crippen molar-refractivity contribution in [3.8, 4) is 11.5 Å². The third kappa shape index (κ3) is 5.15. The first-order valence-corrected chi connectivity index (χ1v) is 11.4. The Bertz CT molecular complexity index is 1080. The predicted molar refractivity (Wildman–Crippen MR) is 113 cm³/mol. The highest BCUT2D eigenvalue weighted by Crippen LogP contribution is 2.43. The zero-order valence-corrected chi connectivity index (χ0v) is 17.9. The molecule has 31 heavy (non-hydrogen) atoms. The van der Waals surface area contributed by atoms with Gasteiger partial charge >= 0.3 is 11.9 Å². The van der Waals surface area contributed by atoms with E-state index in [0.717, 1.165) is 12.8 Å². The van der Waals surface area contributed by atoms with Gasteiger partial charge in [0.05, 0.1) is 11.3 Å². The van der Waals surface area contributed by atoms with Crippen LogP contribution < -0.4 is 14.8 Å². The lowest BCUT2D eigenvalue weighted by Crippen LogP contribution is -2.24. The number of aromatic carboxylic acids is 1. The molecule has 1 aliphatic rings. The molecular formula is C21H24N2O7S. The quantitative estimate of drug-likeness (QED) is 0.588. The summed E-state index contributed by atoms with van der Waals surface area (Å²) in [6.45, 7) is 2.23. The molecule has 0 bridgehead atoms. The minimum absolute atomic E-state index is 0.0480. The van der Waals surface area contributed by atoms with Crippen molar-refractivity contribution >= 4 is 27.6 Å². The van der Waals surface area contributed by atoms with Crippen molar-refractivity contribution in [2.45, 2.75) is 37.7 Å². The molecule has 0 aromatic heterocycles. The second kappa shape index (κ2) is 9.36. The van der Waals surface area contributed by atoms with Gasteiger partial charge in [-0.15, -0.1) is 0 Å². The van der Waals surface area contributed by atoms with E-state index in [4.69, 9.17) is 14.6 Å². The van der Waals surface area contributed by atoms with Gasteiger partial charge in [-0.2, -0.15) is 0 Å². The number of para-hydroxylation sites is 1. The average Bonchev–Trinajstić information content (AvgIpc) is 3.26. The molecule has 10 heteroatoms. The molecule has 0 atom stereocenters. The van der Waals surface area contributed by atoms with E-state index in [1.165, 1.54) is 6.07 Å². The van der Waals surface area contributed by atoms with Crippen molar-refractivity contribution in [1.82, 2.24) is 0 Å². The highest BCUT2D eigenvalue weighted by molar-refractivity contribution is 7.89. The van der Waals surface area contributed by atoms with Crippen molar-refractivity contribution in [2.24, 2.45) is 5.14 Å². The first-order valence-electron chi connectivity index (χ1n) is 9.81. The van der Waals surface area contributed by atoms with Gasteiger partial charge in [-0.05, 0) is 31.0 Å². The van der Waals surface area contributed by atoms with Crippen LogP contribution in [0.25, 0.3) is 0 Å². The molecule has 0 radical (unpaired) electrons. The number of sulfonamides is 1. The van der Waals surface area contributed by atoms with Crippen LogP contribution in [0.15, 0.2) is 41.3 Å². The van der Waals surface area contributed by atoms with Crippen molar-refractivity contribution in [3.05, 3.63) is 47.5 Å². The Hall–Kier alpha value is -3.11. The number of primary sulfonamides is 1. The maximum absolute atomic E-state index is 12.7. The summed E-state index contributed by atoms with van der Waals surface area (Å²) >= 11 is 0. The van der Waals surface area contributed by atoms with Gasteiger partial charge in [-0.25, -0.2) is 18.4 Å². The summed E-state index contributed by atoms with van der Waals surface area (Å²) in [7, 11) is -4.45. The van der Waals surface area contributed by atoms with E-state index in [1.54, 1.807) is 37.3 Å². The molecular weight excluding hydrogens is 424 g/mol. The molecule has 166 valence electrons. The van der Waals surface area contributed by atoms with Crippen LogP contribution in [0.4, 0.5) is 5.69 Å². The SMILES string of the molecule is CCC(=O)OCc1c(C(=O)O)cc(N2CCCC2)c(Oc2ccccc2)c1S(N)(=O)=O. The molecule has 9 nitrogen and oxygen atoms in total. The molecule has 0 unspecified atom stereocenters. The van der Waals surface area contributed by atoms with Crippen LogP contribution in [0.5, 0.6) is 11.5 Å². The Morgan fingerprint density at radius 3 is 2.35 bits per heavy atom. The van der Waals surface area contributed by atoms with Gasteiger partial charge in [-0.1, -0.05) is 25.1 Å². The Morgan fingerprint density at radius 1 is 1.16 bits per heavy atom. The number of nitrogens with zero attached hydrogens (tertiary/aromatic N) is 1. The van der Waals surface area contributed by atoms with Gasteiger partial charge < -0.3 is 19.5 Å². The Kier molecular flexibility index (Phi) is 6.81. The lowest BCUT2D eigenvalue weighted by Gasteiger charge is -2.25. The number of carbonyl (C=O) groups is 2. The van der Waals surface area contributed by atoms with E-state index in [9.17, 15) is 23.1 Å². The summed E-state index contributed by atoms with van der Waals surface area (Å²) < 4.78 is 36.4. The van der Waals surface area contributed by atoms with E-state index in [2.05, 4.69) is 0 Å². The topological polar surface area (TPSA) is 136 Å². The van der Waals surface area contributed by atoms with Crippen LogP contribution in [0, 0.1) is 0 Å². The molecule has 0 saturated carbocycles. The van der Waals surface area contributed by atoms with Gasteiger partial charge in [0.15, 0.2) is 5.75 Å². The number of ether oxygens (including phenoxy) is 2. The number of esters is 1. The smallest absolute Gasteiger partial charge is 0.336 e. The third-order valence-electron chi connectivity index (χ3n) is 4.91. The molecule has 2 aromatic carbocycles. The zero-order valence-electron chi connectivity index (χ0n) is 17.0. The van der Waals surface area contributed by atoms with Gasteiger partial charge in [0.2, 0.25) is 10.0 Å². The Labute approximate surface area is 180 Å². The summed E-state index contributed by atoms with van der Waals surface area (Å²) in [6, 6.07) is 9.85. The van der Waals surface area contributed by atoms with E-state index >= 15 is 0 Å². The second-order valence-electron chi connectivity index (χ2n) is 7.05. The lowest BCUT2D eigenvalue weighted by molar-refractivity contribution is -0.144. The van der Waals surface area contributed by atoms with E-state index in [0.29, 0.717) is 24.5 Å². The maximum Gasteiger partial charge on any atom is 0.336 e. The fraction of sp³-hybridized carbons (Fsp3) is 0.333. The van der Waals surface area contributed by atoms with E-state index < -0.39 is 33.5 Å². The summed E-state index contributed by atoms with van der Waals surface area (Å²) in [5, 5.41) is 15.3. The number of hydrogen-bond donors (Lipinski definition) is 2. The number of benzene rings is 2. The van der Waals surface area contributed by atoms with Crippen LogP contribution in [0.1, 0.15) is 42.1 Å². The minimum atomic E-state index is -4.45. The average molecular weight is 448 g/mol. The van der Waals surface area contributed by atoms with Crippen molar-refractivity contribution in [2.75, 3.05) is 18.0 Å². The Morgan fingerprint density at radius 2 is 1.81 bits per heavy atom. The monoisotopic (exact) mass is 448 g/mol. The van der Waals surface area contributed by atoms with E-state index in [1.807, 2.05) is 4.90 Å². The first kappa shape index (κ1) is 22.6. The molecule has 1 heterocycles.